The number of fused-ring (bicyclic) bond motifs is 1. The van der Waals surface area contributed by atoms with E-state index in [2.05, 4.69) is 23.7 Å². The van der Waals surface area contributed by atoms with E-state index >= 15 is 0 Å². The lowest BCUT2D eigenvalue weighted by molar-refractivity contribution is 0.0987. The monoisotopic (exact) mass is 454 g/mol. The van der Waals surface area contributed by atoms with Gasteiger partial charge in [0, 0.05) is 13.1 Å². The van der Waals surface area contributed by atoms with E-state index in [1.807, 2.05) is 32.0 Å². The molecule has 0 unspecified atom stereocenters. The first-order valence-electron chi connectivity index (χ1n) is 9.39. The number of anilines is 1. The standard InChI is InChI=1S/C20H26N4O2S2.ClH/c1-6-23(7-2)10-11-24(19(25)18-13(3)21-14(4)27-18)20-22-16-9-8-15(26-5)12-17(16)28-20;/h8-9,12H,6-7,10-11H2,1-5H3;1H. The third-order valence-corrected chi connectivity index (χ3v) is 6.79. The van der Waals surface area contributed by atoms with E-state index in [0.717, 1.165) is 46.3 Å². The molecule has 1 amide bonds. The number of amides is 1. The summed E-state index contributed by atoms with van der Waals surface area (Å²) in [6, 6.07) is 5.79. The second kappa shape index (κ2) is 10.3. The molecule has 9 heteroatoms. The van der Waals surface area contributed by atoms with Crippen molar-refractivity contribution in [3.05, 3.63) is 33.8 Å². The molecule has 158 valence electrons. The van der Waals surface area contributed by atoms with Crippen LogP contribution in [-0.2, 0) is 0 Å². The van der Waals surface area contributed by atoms with Crippen LogP contribution in [0, 0.1) is 13.8 Å². The summed E-state index contributed by atoms with van der Waals surface area (Å²) in [5, 5.41) is 1.62. The molecule has 0 bridgehead atoms. The molecule has 2 aromatic heterocycles. The number of nitrogens with zero attached hydrogens (tertiary/aromatic N) is 4. The minimum Gasteiger partial charge on any atom is -0.497 e. The molecule has 0 saturated heterocycles. The van der Waals surface area contributed by atoms with Crippen molar-refractivity contribution >= 4 is 56.3 Å². The third-order valence-electron chi connectivity index (χ3n) is 4.69. The highest BCUT2D eigenvalue weighted by Gasteiger charge is 2.25. The van der Waals surface area contributed by atoms with Gasteiger partial charge < -0.3 is 9.64 Å². The number of methoxy groups -OCH3 is 1. The topological polar surface area (TPSA) is 58.6 Å². The number of carbonyl (C=O) groups is 1. The molecule has 0 spiro atoms. The van der Waals surface area contributed by atoms with Gasteiger partial charge in [0.05, 0.1) is 28.0 Å². The Kier molecular flexibility index (Phi) is 8.39. The smallest absolute Gasteiger partial charge is 0.272 e. The minimum absolute atomic E-state index is 0. The molecule has 0 N–H and O–H groups in total. The molecule has 2 heterocycles. The number of likely N-dealkylation sites (N-methyl/N-ethyl adjacent to an activating group) is 1. The summed E-state index contributed by atoms with van der Waals surface area (Å²) in [4.78, 5) is 27.3. The summed E-state index contributed by atoms with van der Waals surface area (Å²) < 4.78 is 6.33. The number of rotatable bonds is 8. The second-order valence-corrected chi connectivity index (χ2v) is 8.67. The van der Waals surface area contributed by atoms with Gasteiger partial charge in [-0.15, -0.1) is 23.7 Å². The van der Waals surface area contributed by atoms with Crippen LogP contribution in [0.3, 0.4) is 0 Å². The summed E-state index contributed by atoms with van der Waals surface area (Å²) >= 11 is 2.96. The Morgan fingerprint density at radius 3 is 2.41 bits per heavy atom. The molecule has 3 aromatic rings. The number of thiazole rings is 2. The van der Waals surface area contributed by atoms with Crippen molar-refractivity contribution in [2.45, 2.75) is 27.7 Å². The summed E-state index contributed by atoms with van der Waals surface area (Å²) in [5.41, 5.74) is 1.65. The Bertz CT molecular complexity index is 969. The SMILES string of the molecule is CCN(CC)CCN(C(=O)c1sc(C)nc1C)c1nc2ccc(OC)cc2s1.Cl. The molecule has 0 saturated carbocycles. The average Bonchev–Trinajstić information content (AvgIpc) is 3.26. The number of hydrogen-bond donors (Lipinski definition) is 0. The van der Waals surface area contributed by atoms with Crippen molar-refractivity contribution in [2.75, 3.05) is 38.2 Å². The van der Waals surface area contributed by atoms with Crippen LogP contribution in [0.5, 0.6) is 5.75 Å². The van der Waals surface area contributed by atoms with Crippen molar-refractivity contribution in [1.82, 2.24) is 14.9 Å². The number of hydrogen-bond acceptors (Lipinski definition) is 7. The lowest BCUT2D eigenvalue weighted by Gasteiger charge is -2.24. The molecule has 29 heavy (non-hydrogen) atoms. The highest BCUT2D eigenvalue weighted by molar-refractivity contribution is 7.22. The molecular weight excluding hydrogens is 428 g/mol. The molecule has 0 fully saturated rings. The number of aromatic nitrogens is 2. The van der Waals surface area contributed by atoms with Crippen LogP contribution < -0.4 is 9.64 Å². The zero-order valence-corrected chi connectivity index (χ0v) is 19.8. The van der Waals surface area contributed by atoms with Crippen molar-refractivity contribution in [3.8, 4) is 5.75 Å². The van der Waals surface area contributed by atoms with Crippen LogP contribution in [0.25, 0.3) is 10.2 Å². The van der Waals surface area contributed by atoms with Crippen molar-refractivity contribution in [3.63, 3.8) is 0 Å². The highest BCUT2D eigenvalue weighted by Crippen LogP contribution is 2.33. The lowest BCUT2D eigenvalue weighted by atomic mass is 10.3. The summed E-state index contributed by atoms with van der Waals surface area (Å²) in [5.74, 6) is 0.763. The number of ether oxygens (including phenoxy) is 1. The van der Waals surface area contributed by atoms with E-state index in [0.29, 0.717) is 16.6 Å². The van der Waals surface area contributed by atoms with E-state index < -0.39 is 0 Å². The first kappa shape index (κ1) is 23.5. The fraction of sp³-hybridized carbons (Fsp3) is 0.450. The quantitative estimate of drug-likeness (QED) is 0.489. The molecule has 6 nitrogen and oxygen atoms in total. The number of aryl methyl sites for hydroxylation is 2. The molecule has 0 aliphatic carbocycles. The van der Waals surface area contributed by atoms with E-state index in [4.69, 9.17) is 9.72 Å². The first-order valence-corrected chi connectivity index (χ1v) is 11.0. The van der Waals surface area contributed by atoms with Gasteiger partial charge in [0.1, 0.15) is 10.6 Å². The lowest BCUT2D eigenvalue weighted by Crippen LogP contribution is -2.38. The van der Waals surface area contributed by atoms with Crippen LogP contribution >= 0.6 is 35.1 Å². The number of benzene rings is 1. The zero-order valence-electron chi connectivity index (χ0n) is 17.4. The third kappa shape index (κ3) is 5.25. The summed E-state index contributed by atoms with van der Waals surface area (Å²) in [6.07, 6.45) is 0. The zero-order chi connectivity index (χ0) is 20.3. The molecule has 3 rings (SSSR count). The van der Waals surface area contributed by atoms with Gasteiger partial charge in [-0.2, -0.15) is 0 Å². The van der Waals surface area contributed by atoms with Crippen LogP contribution in [0.15, 0.2) is 18.2 Å². The Morgan fingerprint density at radius 2 is 1.83 bits per heavy atom. The van der Waals surface area contributed by atoms with Crippen molar-refractivity contribution in [2.24, 2.45) is 0 Å². The van der Waals surface area contributed by atoms with E-state index in [9.17, 15) is 4.79 Å². The van der Waals surface area contributed by atoms with Gasteiger partial charge in [0.2, 0.25) is 0 Å². The Balaban J connectivity index is 0.00000300. The van der Waals surface area contributed by atoms with Gasteiger partial charge >= 0.3 is 0 Å². The van der Waals surface area contributed by atoms with Gasteiger partial charge in [-0.1, -0.05) is 25.2 Å². The maximum absolute atomic E-state index is 13.4. The maximum atomic E-state index is 13.4. The second-order valence-electron chi connectivity index (χ2n) is 6.46. The molecule has 0 radical (unpaired) electrons. The van der Waals surface area contributed by atoms with Crippen molar-refractivity contribution in [1.29, 1.82) is 0 Å². The normalized spacial score (nSPS) is 11.0. The molecule has 1 aromatic carbocycles. The number of carbonyl (C=O) groups excluding carboxylic acids is 1. The maximum Gasteiger partial charge on any atom is 0.272 e. The fourth-order valence-electron chi connectivity index (χ4n) is 3.05. The van der Waals surface area contributed by atoms with E-state index in [1.54, 1.807) is 12.0 Å². The van der Waals surface area contributed by atoms with Crippen LogP contribution in [0.1, 0.15) is 34.2 Å². The van der Waals surface area contributed by atoms with Gasteiger partial charge in [0.25, 0.3) is 5.91 Å². The average molecular weight is 455 g/mol. The summed E-state index contributed by atoms with van der Waals surface area (Å²) in [7, 11) is 1.65. The minimum atomic E-state index is -0.0266. The fourth-order valence-corrected chi connectivity index (χ4v) is 4.94. The Labute approximate surface area is 185 Å². The van der Waals surface area contributed by atoms with Gasteiger partial charge in [-0.3, -0.25) is 9.69 Å². The predicted molar refractivity (Wildman–Crippen MR) is 124 cm³/mol. The number of halogens is 1. The first-order chi connectivity index (χ1) is 13.5. The van der Waals surface area contributed by atoms with Crippen LogP contribution in [0.2, 0.25) is 0 Å². The van der Waals surface area contributed by atoms with Crippen LogP contribution in [-0.4, -0.2) is 54.1 Å². The van der Waals surface area contributed by atoms with Crippen LogP contribution in [0.4, 0.5) is 5.13 Å². The molecule has 0 aliphatic heterocycles. The van der Waals surface area contributed by atoms with E-state index in [1.165, 1.54) is 22.7 Å². The summed E-state index contributed by atoms with van der Waals surface area (Å²) in [6.45, 7) is 11.4. The van der Waals surface area contributed by atoms with Gasteiger partial charge in [0.15, 0.2) is 5.13 Å². The molecule has 0 atom stereocenters. The van der Waals surface area contributed by atoms with E-state index in [-0.39, 0.29) is 18.3 Å². The predicted octanol–water partition coefficient (Wildman–Crippen LogP) is 4.79. The van der Waals surface area contributed by atoms with Gasteiger partial charge in [-0.05, 0) is 45.1 Å². The van der Waals surface area contributed by atoms with Gasteiger partial charge in [-0.25, -0.2) is 9.97 Å². The molecule has 0 aliphatic rings. The Morgan fingerprint density at radius 1 is 1.10 bits per heavy atom. The molecular formula is C20H27ClN4O2S2. The largest absolute Gasteiger partial charge is 0.497 e. The highest BCUT2D eigenvalue weighted by atomic mass is 35.5. The Hall–Kier alpha value is -1.74. The van der Waals surface area contributed by atoms with Crippen molar-refractivity contribution < 1.29 is 9.53 Å².